The van der Waals surface area contributed by atoms with Gasteiger partial charge in [0.1, 0.15) is 12.4 Å². The molecule has 0 unspecified atom stereocenters. The number of carbonyl (C=O) groups is 2. The number of aliphatic carboxylic acids is 1. The lowest BCUT2D eigenvalue weighted by Gasteiger charge is -2.09. The van der Waals surface area contributed by atoms with Crippen molar-refractivity contribution in [3.05, 3.63) is 63.7 Å². The third-order valence-corrected chi connectivity index (χ3v) is 3.73. The van der Waals surface area contributed by atoms with Gasteiger partial charge in [0.2, 0.25) is 0 Å². The number of carboxylic acid groups (broad SMARTS) is 1. The molecule has 0 bridgehead atoms. The van der Waals surface area contributed by atoms with E-state index in [1.54, 1.807) is 12.1 Å². The van der Waals surface area contributed by atoms with Crippen LogP contribution in [-0.4, -0.2) is 16.9 Å². The number of ether oxygens (including phenoxy) is 1. The van der Waals surface area contributed by atoms with Gasteiger partial charge < -0.3 is 9.84 Å². The lowest BCUT2D eigenvalue weighted by atomic mass is 9.97. The fourth-order valence-corrected chi connectivity index (χ4v) is 2.58. The molecule has 0 amide bonds. The second kappa shape index (κ2) is 5.22. The topological polar surface area (TPSA) is 63.6 Å². The molecule has 106 valence electrons. The highest BCUT2D eigenvalue weighted by molar-refractivity contribution is 6.32. The Morgan fingerprint density at radius 3 is 2.76 bits per heavy atom. The largest absolute Gasteiger partial charge is 0.488 e. The third-order valence-electron chi connectivity index (χ3n) is 3.38. The molecule has 1 aliphatic heterocycles. The van der Waals surface area contributed by atoms with Crippen molar-refractivity contribution < 1.29 is 19.4 Å². The van der Waals surface area contributed by atoms with Crippen LogP contribution in [-0.2, 0) is 17.8 Å². The number of benzene rings is 2. The highest BCUT2D eigenvalue weighted by Gasteiger charge is 2.24. The predicted octanol–water partition coefficient (Wildman–Crippen LogP) is 3.09. The van der Waals surface area contributed by atoms with Crippen molar-refractivity contribution in [1.82, 2.24) is 0 Å². The normalized spacial score (nSPS) is 12.9. The van der Waals surface area contributed by atoms with Crippen molar-refractivity contribution in [3.8, 4) is 5.75 Å². The number of halogens is 1. The summed E-state index contributed by atoms with van der Waals surface area (Å²) in [6.45, 7) is 0.281. The fraction of sp³-hybridized carbons (Fsp3) is 0.125. The maximum absolute atomic E-state index is 12.6. The first-order valence-electron chi connectivity index (χ1n) is 6.36. The van der Waals surface area contributed by atoms with E-state index >= 15 is 0 Å². The zero-order valence-corrected chi connectivity index (χ0v) is 11.7. The van der Waals surface area contributed by atoms with Gasteiger partial charge >= 0.3 is 5.97 Å². The highest BCUT2D eigenvalue weighted by atomic mass is 35.5. The Kier molecular flexibility index (Phi) is 3.39. The number of fused-ring (bicyclic) bond motifs is 2. The average Bonchev–Trinajstić information content (AvgIpc) is 2.58. The van der Waals surface area contributed by atoms with E-state index in [9.17, 15) is 9.59 Å². The molecular weight excluding hydrogens is 292 g/mol. The van der Waals surface area contributed by atoms with Crippen LogP contribution in [0.5, 0.6) is 5.75 Å². The van der Waals surface area contributed by atoms with Gasteiger partial charge in [-0.3, -0.25) is 9.59 Å². The van der Waals surface area contributed by atoms with Gasteiger partial charge in [0.15, 0.2) is 5.78 Å². The van der Waals surface area contributed by atoms with Crippen LogP contribution in [0.4, 0.5) is 0 Å². The molecule has 1 heterocycles. The molecule has 0 fully saturated rings. The molecule has 2 aromatic carbocycles. The van der Waals surface area contributed by atoms with E-state index < -0.39 is 5.97 Å². The Morgan fingerprint density at radius 1 is 1.24 bits per heavy atom. The summed E-state index contributed by atoms with van der Waals surface area (Å²) in [5, 5.41) is 9.19. The van der Waals surface area contributed by atoms with E-state index in [0.29, 0.717) is 22.4 Å². The van der Waals surface area contributed by atoms with Gasteiger partial charge in [0.25, 0.3) is 0 Å². The van der Waals surface area contributed by atoms with E-state index in [1.165, 1.54) is 12.1 Å². The minimum atomic E-state index is -1.00. The molecule has 21 heavy (non-hydrogen) atoms. The second-order valence-corrected chi connectivity index (χ2v) is 5.19. The number of hydrogen-bond donors (Lipinski definition) is 1. The minimum absolute atomic E-state index is 0.179. The summed E-state index contributed by atoms with van der Waals surface area (Å²) in [5.41, 5.74) is 2.12. The molecule has 0 aliphatic carbocycles. The molecule has 3 rings (SSSR count). The molecule has 0 radical (unpaired) electrons. The first-order valence-corrected chi connectivity index (χ1v) is 6.73. The van der Waals surface area contributed by atoms with Gasteiger partial charge in [-0.05, 0) is 17.7 Å². The average molecular weight is 303 g/mol. The SMILES string of the molecule is O=C(O)Cc1cc2c(cc1Cl)OCc1ccccc1C2=O. The molecule has 0 saturated carbocycles. The Morgan fingerprint density at radius 2 is 2.00 bits per heavy atom. The summed E-state index contributed by atoms with van der Waals surface area (Å²) in [6, 6.07) is 10.2. The lowest BCUT2D eigenvalue weighted by molar-refractivity contribution is -0.136. The number of ketones is 1. The zero-order chi connectivity index (χ0) is 15.0. The van der Waals surface area contributed by atoms with E-state index in [-0.39, 0.29) is 23.8 Å². The van der Waals surface area contributed by atoms with Crippen LogP contribution in [0.15, 0.2) is 36.4 Å². The lowest BCUT2D eigenvalue weighted by Crippen LogP contribution is -2.06. The monoisotopic (exact) mass is 302 g/mol. The summed E-state index contributed by atoms with van der Waals surface area (Å²) >= 11 is 6.06. The van der Waals surface area contributed by atoms with Crippen LogP contribution in [0.2, 0.25) is 5.02 Å². The summed E-state index contributed by atoms with van der Waals surface area (Å²) in [6.07, 6.45) is -0.235. The van der Waals surface area contributed by atoms with Gasteiger partial charge in [-0.2, -0.15) is 0 Å². The molecule has 1 aliphatic rings. The van der Waals surface area contributed by atoms with E-state index in [2.05, 4.69) is 0 Å². The first-order chi connectivity index (χ1) is 10.1. The summed E-state index contributed by atoms with van der Waals surface area (Å²) in [5.74, 6) is -0.795. The van der Waals surface area contributed by atoms with Crippen LogP contribution in [0, 0.1) is 0 Å². The van der Waals surface area contributed by atoms with Gasteiger partial charge in [-0.1, -0.05) is 35.9 Å². The fourth-order valence-electron chi connectivity index (χ4n) is 2.36. The zero-order valence-electron chi connectivity index (χ0n) is 10.9. The summed E-state index contributed by atoms with van der Waals surface area (Å²) in [4.78, 5) is 23.5. The molecule has 1 N–H and O–H groups in total. The third kappa shape index (κ3) is 2.50. The van der Waals surface area contributed by atoms with Gasteiger partial charge in [-0.15, -0.1) is 0 Å². The van der Waals surface area contributed by atoms with Gasteiger partial charge in [0, 0.05) is 16.1 Å². The molecular formula is C16H11ClO4. The Labute approximate surface area is 125 Å². The van der Waals surface area contributed by atoms with Crippen LogP contribution < -0.4 is 4.74 Å². The van der Waals surface area contributed by atoms with Crippen molar-refractivity contribution in [3.63, 3.8) is 0 Å². The van der Waals surface area contributed by atoms with Crippen molar-refractivity contribution in [1.29, 1.82) is 0 Å². The van der Waals surface area contributed by atoms with Gasteiger partial charge in [0.05, 0.1) is 12.0 Å². The van der Waals surface area contributed by atoms with Gasteiger partial charge in [-0.25, -0.2) is 0 Å². The molecule has 0 aromatic heterocycles. The standard InChI is InChI=1S/C16H11ClO4/c17-13-7-14-12(5-10(13)6-15(18)19)16(20)11-4-2-1-3-9(11)8-21-14/h1-5,7H,6,8H2,(H,18,19). The molecule has 0 saturated heterocycles. The Hall–Kier alpha value is -2.33. The van der Waals surface area contributed by atoms with Crippen molar-refractivity contribution in [2.24, 2.45) is 0 Å². The van der Waals surface area contributed by atoms with E-state index in [1.807, 2.05) is 12.1 Å². The number of hydrogen-bond acceptors (Lipinski definition) is 3. The molecule has 0 spiro atoms. The molecule has 2 aromatic rings. The summed E-state index contributed by atoms with van der Waals surface area (Å²) < 4.78 is 5.63. The first kappa shape index (κ1) is 13.6. The predicted molar refractivity (Wildman–Crippen MR) is 77.0 cm³/mol. The van der Waals surface area contributed by atoms with Crippen molar-refractivity contribution in [2.45, 2.75) is 13.0 Å². The van der Waals surface area contributed by atoms with Crippen LogP contribution in [0.25, 0.3) is 0 Å². The molecule has 0 atom stereocenters. The molecule has 5 heteroatoms. The Balaban J connectivity index is 2.13. The summed E-state index contributed by atoms with van der Waals surface area (Å²) in [7, 11) is 0. The number of rotatable bonds is 2. The van der Waals surface area contributed by atoms with Crippen LogP contribution >= 0.6 is 11.6 Å². The number of carbonyl (C=O) groups excluding carboxylic acids is 1. The van der Waals surface area contributed by atoms with Crippen molar-refractivity contribution in [2.75, 3.05) is 0 Å². The van der Waals surface area contributed by atoms with E-state index in [0.717, 1.165) is 5.56 Å². The van der Waals surface area contributed by atoms with Crippen molar-refractivity contribution >= 4 is 23.4 Å². The van der Waals surface area contributed by atoms with Crippen LogP contribution in [0.3, 0.4) is 0 Å². The smallest absolute Gasteiger partial charge is 0.307 e. The number of carboxylic acids is 1. The highest BCUT2D eigenvalue weighted by Crippen LogP contribution is 2.33. The van der Waals surface area contributed by atoms with E-state index in [4.69, 9.17) is 21.4 Å². The maximum atomic E-state index is 12.6. The quantitative estimate of drug-likeness (QED) is 0.926. The van der Waals surface area contributed by atoms with Crippen LogP contribution in [0.1, 0.15) is 27.0 Å². The minimum Gasteiger partial charge on any atom is -0.488 e. The second-order valence-electron chi connectivity index (χ2n) is 4.79. The maximum Gasteiger partial charge on any atom is 0.307 e. The Bertz CT molecular complexity index is 752. The molecule has 4 nitrogen and oxygen atoms in total.